The first-order chi connectivity index (χ1) is 10.6. The minimum absolute atomic E-state index is 0.548. The van der Waals surface area contributed by atoms with Crippen molar-refractivity contribution in [2.45, 2.75) is 19.4 Å². The Bertz CT molecular complexity index is 595. The van der Waals surface area contributed by atoms with Gasteiger partial charge in [0.2, 0.25) is 0 Å². The molecule has 1 aromatic carbocycles. The number of hydrogen-bond donors (Lipinski definition) is 0. The predicted octanol–water partition coefficient (Wildman–Crippen LogP) is 3.13. The number of benzene rings is 1. The number of halogens is 1. The van der Waals surface area contributed by atoms with Crippen LogP contribution < -0.4 is 0 Å². The van der Waals surface area contributed by atoms with Crippen LogP contribution in [0.15, 0.2) is 30.6 Å². The van der Waals surface area contributed by atoms with Gasteiger partial charge in [0.1, 0.15) is 5.82 Å². The molecule has 0 aliphatic carbocycles. The first-order valence-electron chi connectivity index (χ1n) is 7.53. The van der Waals surface area contributed by atoms with Gasteiger partial charge in [0.15, 0.2) is 0 Å². The average molecular weight is 322 g/mol. The van der Waals surface area contributed by atoms with Gasteiger partial charge < -0.3 is 14.2 Å². The lowest BCUT2D eigenvalue weighted by Gasteiger charge is -2.13. The van der Waals surface area contributed by atoms with E-state index in [1.54, 1.807) is 0 Å². The summed E-state index contributed by atoms with van der Waals surface area (Å²) >= 11 is 6.36. The molecule has 1 heterocycles. The molecule has 0 fully saturated rings. The van der Waals surface area contributed by atoms with Crippen molar-refractivity contribution in [1.29, 1.82) is 0 Å². The maximum absolute atomic E-state index is 6.36. The number of ether oxygens (including phenoxy) is 1. The smallest absolute Gasteiger partial charge is 0.112 e. The first-order valence-corrected chi connectivity index (χ1v) is 7.90. The maximum atomic E-state index is 6.36. The van der Waals surface area contributed by atoms with Crippen LogP contribution in [0, 0.1) is 0 Å². The van der Waals surface area contributed by atoms with Gasteiger partial charge in [0.25, 0.3) is 0 Å². The van der Waals surface area contributed by atoms with Crippen molar-refractivity contribution >= 4 is 11.6 Å². The summed E-state index contributed by atoms with van der Waals surface area (Å²) in [4.78, 5) is 6.54. The molecule has 0 amide bonds. The second kappa shape index (κ2) is 8.32. The quantitative estimate of drug-likeness (QED) is 0.700. The van der Waals surface area contributed by atoms with E-state index in [0.29, 0.717) is 6.61 Å². The molecule has 5 heteroatoms. The van der Waals surface area contributed by atoms with E-state index in [9.17, 15) is 0 Å². The molecule has 120 valence electrons. The van der Waals surface area contributed by atoms with Gasteiger partial charge in [-0.1, -0.05) is 23.7 Å². The summed E-state index contributed by atoms with van der Waals surface area (Å²) in [7, 11) is 6.14. The minimum atomic E-state index is 0.548. The van der Waals surface area contributed by atoms with Crippen molar-refractivity contribution in [3.63, 3.8) is 0 Å². The van der Waals surface area contributed by atoms with Crippen LogP contribution in [0.4, 0.5) is 0 Å². The number of aryl methyl sites for hydroxylation is 1. The molecule has 0 aliphatic heterocycles. The highest BCUT2D eigenvalue weighted by Gasteiger charge is 2.10. The SMILES string of the molecule is CN(C)CCCOCc1c(Cl)cccc1Cc1nccn1C. The topological polar surface area (TPSA) is 30.3 Å². The third kappa shape index (κ3) is 4.83. The highest BCUT2D eigenvalue weighted by atomic mass is 35.5. The van der Waals surface area contributed by atoms with E-state index in [1.807, 2.05) is 36.1 Å². The Morgan fingerprint density at radius 2 is 2.14 bits per heavy atom. The molecule has 0 N–H and O–H groups in total. The standard InChI is InChI=1S/C17H24ClN3O/c1-20(2)9-5-11-22-13-15-14(6-4-7-16(15)18)12-17-19-8-10-21(17)3/h4,6-8,10H,5,9,11-13H2,1-3H3. The number of imidazole rings is 1. The third-order valence-electron chi connectivity index (χ3n) is 3.63. The van der Waals surface area contributed by atoms with Gasteiger partial charge in [0.05, 0.1) is 6.61 Å². The van der Waals surface area contributed by atoms with Crippen LogP contribution in [0.5, 0.6) is 0 Å². The van der Waals surface area contributed by atoms with Crippen LogP contribution in [0.3, 0.4) is 0 Å². The summed E-state index contributed by atoms with van der Waals surface area (Å²) in [6, 6.07) is 6.00. The molecule has 0 unspecified atom stereocenters. The van der Waals surface area contributed by atoms with Crippen LogP contribution in [-0.4, -0.2) is 41.7 Å². The zero-order valence-electron chi connectivity index (χ0n) is 13.6. The zero-order chi connectivity index (χ0) is 15.9. The number of hydrogen-bond acceptors (Lipinski definition) is 3. The maximum Gasteiger partial charge on any atom is 0.112 e. The Balaban J connectivity index is 1.99. The number of aromatic nitrogens is 2. The molecular formula is C17H24ClN3O. The minimum Gasteiger partial charge on any atom is -0.377 e. The number of nitrogens with zero attached hydrogens (tertiary/aromatic N) is 3. The molecule has 0 atom stereocenters. The summed E-state index contributed by atoms with van der Waals surface area (Å²) in [5, 5.41) is 0.763. The van der Waals surface area contributed by atoms with Gasteiger partial charge in [-0.2, -0.15) is 0 Å². The van der Waals surface area contributed by atoms with Crippen molar-refractivity contribution in [2.75, 3.05) is 27.2 Å². The molecule has 0 spiro atoms. The largest absolute Gasteiger partial charge is 0.377 e. The van der Waals surface area contributed by atoms with E-state index in [0.717, 1.165) is 42.4 Å². The van der Waals surface area contributed by atoms with Gasteiger partial charge in [-0.3, -0.25) is 0 Å². The molecule has 4 nitrogen and oxygen atoms in total. The molecule has 0 saturated heterocycles. The fraction of sp³-hybridized carbons (Fsp3) is 0.471. The third-order valence-corrected chi connectivity index (χ3v) is 3.98. The molecule has 22 heavy (non-hydrogen) atoms. The van der Waals surface area contributed by atoms with Crippen LogP contribution in [0.25, 0.3) is 0 Å². The normalized spacial score (nSPS) is 11.3. The monoisotopic (exact) mass is 321 g/mol. The van der Waals surface area contributed by atoms with Crippen molar-refractivity contribution < 1.29 is 4.74 Å². The Kier molecular flexibility index (Phi) is 6.43. The lowest BCUT2D eigenvalue weighted by Crippen LogP contribution is -2.15. The van der Waals surface area contributed by atoms with Crippen LogP contribution in [0.2, 0.25) is 5.02 Å². The molecule has 1 aromatic heterocycles. The van der Waals surface area contributed by atoms with Gasteiger partial charge >= 0.3 is 0 Å². The first kappa shape index (κ1) is 17.0. The van der Waals surface area contributed by atoms with E-state index in [4.69, 9.17) is 16.3 Å². The Morgan fingerprint density at radius 1 is 1.32 bits per heavy atom. The van der Waals surface area contributed by atoms with Crippen molar-refractivity contribution in [1.82, 2.24) is 14.5 Å². The molecule has 0 aliphatic rings. The average Bonchev–Trinajstić information content (AvgIpc) is 2.86. The van der Waals surface area contributed by atoms with Gasteiger partial charge in [-0.05, 0) is 44.3 Å². The Morgan fingerprint density at radius 3 is 2.82 bits per heavy atom. The molecule has 0 saturated carbocycles. The van der Waals surface area contributed by atoms with E-state index in [1.165, 1.54) is 5.56 Å². The van der Waals surface area contributed by atoms with E-state index < -0.39 is 0 Å². The van der Waals surface area contributed by atoms with E-state index >= 15 is 0 Å². The highest BCUT2D eigenvalue weighted by Crippen LogP contribution is 2.23. The highest BCUT2D eigenvalue weighted by molar-refractivity contribution is 6.31. The summed E-state index contributed by atoms with van der Waals surface area (Å²) in [5.41, 5.74) is 2.24. The Labute approximate surface area is 137 Å². The summed E-state index contributed by atoms with van der Waals surface area (Å²) in [6.07, 6.45) is 5.56. The van der Waals surface area contributed by atoms with Crippen molar-refractivity contribution in [3.05, 3.63) is 52.6 Å². The van der Waals surface area contributed by atoms with Crippen LogP contribution >= 0.6 is 11.6 Å². The lowest BCUT2D eigenvalue weighted by atomic mass is 10.0. The lowest BCUT2D eigenvalue weighted by molar-refractivity contribution is 0.112. The van der Waals surface area contributed by atoms with Crippen molar-refractivity contribution in [2.24, 2.45) is 7.05 Å². The second-order valence-corrected chi connectivity index (χ2v) is 6.13. The van der Waals surface area contributed by atoms with Crippen LogP contribution in [-0.2, 0) is 24.8 Å². The summed E-state index contributed by atoms with van der Waals surface area (Å²) in [6.45, 7) is 2.32. The number of rotatable bonds is 8. The molecular weight excluding hydrogens is 298 g/mol. The predicted molar refractivity (Wildman–Crippen MR) is 90.3 cm³/mol. The molecule has 2 aromatic rings. The zero-order valence-corrected chi connectivity index (χ0v) is 14.3. The van der Waals surface area contributed by atoms with Gasteiger partial charge in [-0.25, -0.2) is 4.98 Å². The summed E-state index contributed by atoms with van der Waals surface area (Å²) in [5.74, 6) is 1.02. The van der Waals surface area contributed by atoms with E-state index in [2.05, 4.69) is 30.0 Å². The molecule has 0 bridgehead atoms. The fourth-order valence-electron chi connectivity index (χ4n) is 2.32. The Hall–Kier alpha value is -1.36. The van der Waals surface area contributed by atoms with Gasteiger partial charge in [-0.15, -0.1) is 0 Å². The van der Waals surface area contributed by atoms with Gasteiger partial charge in [0, 0.05) is 37.5 Å². The van der Waals surface area contributed by atoms with Crippen LogP contribution in [0.1, 0.15) is 23.4 Å². The molecule has 0 radical (unpaired) electrons. The fourth-order valence-corrected chi connectivity index (χ4v) is 2.57. The second-order valence-electron chi connectivity index (χ2n) is 5.72. The molecule has 2 rings (SSSR count). The van der Waals surface area contributed by atoms with E-state index in [-0.39, 0.29) is 0 Å². The summed E-state index contributed by atoms with van der Waals surface area (Å²) < 4.78 is 7.83. The van der Waals surface area contributed by atoms with Crippen molar-refractivity contribution in [3.8, 4) is 0 Å².